The van der Waals surface area contributed by atoms with Crippen molar-refractivity contribution >= 4 is 45.9 Å². The fourth-order valence-electron chi connectivity index (χ4n) is 2.04. The number of pyridine rings is 1. The van der Waals surface area contributed by atoms with Crippen molar-refractivity contribution < 1.29 is 9.18 Å². The van der Waals surface area contributed by atoms with Crippen LogP contribution in [0.3, 0.4) is 0 Å². The summed E-state index contributed by atoms with van der Waals surface area (Å²) in [5.74, 6) is -0.472. The second kappa shape index (κ2) is 6.98. The van der Waals surface area contributed by atoms with Gasteiger partial charge in [0.25, 0.3) is 0 Å². The second-order valence-corrected chi connectivity index (χ2v) is 6.21. The fraction of sp³-hybridized carbons (Fsp3) is 0.0588. The topological polar surface area (TPSA) is 42.0 Å². The second-order valence-electron chi connectivity index (χ2n) is 4.80. The molecule has 0 bridgehead atoms. The van der Waals surface area contributed by atoms with E-state index >= 15 is 0 Å². The molecule has 1 aromatic heterocycles. The number of nitrogens with one attached hydrogen (secondary N) is 1. The Morgan fingerprint density at radius 1 is 1.17 bits per heavy atom. The minimum absolute atomic E-state index is 0.173. The SMILES string of the molecule is O=C(CSc1ccc2ccccc2n1)Nc1ccc(F)cc1Cl. The highest BCUT2D eigenvalue weighted by atomic mass is 35.5. The van der Waals surface area contributed by atoms with Gasteiger partial charge >= 0.3 is 0 Å². The Morgan fingerprint density at radius 2 is 2.00 bits per heavy atom. The number of thioether (sulfide) groups is 1. The molecule has 6 heteroatoms. The van der Waals surface area contributed by atoms with E-state index in [9.17, 15) is 9.18 Å². The maximum Gasteiger partial charge on any atom is 0.234 e. The summed E-state index contributed by atoms with van der Waals surface area (Å²) < 4.78 is 13.0. The average molecular weight is 347 g/mol. The first-order valence-electron chi connectivity index (χ1n) is 6.85. The maximum atomic E-state index is 13.0. The van der Waals surface area contributed by atoms with Crippen LogP contribution in [-0.4, -0.2) is 16.6 Å². The lowest BCUT2D eigenvalue weighted by molar-refractivity contribution is -0.113. The van der Waals surface area contributed by atoms with E-state index in [4.69, 9.17) is 11.6 Å². The quantitative estimate of drug-likeness (QED) is 0.693. The van der Waals surface area contributed by atoms with Crippen LogP contribution < -0.4 is 5.32 Å². The van der Waals surface area contributed by atoms with Crippen molar-refractivity contribution in [2.24, 2.45) is 0 Å². The minimum atomic E-state index is -0.442. The highest BCUT2D eigenvalue weighted by molar-refractivity contribution is 7.99. The highest BCUT2D eigenvalue weighted by Gasteiger charge is 2.08. The van der Waals surface area contributed by atoms with E-state index in [1.54, 1.807) is 0 Å². The molecule has 0 aliphatic carbocycles. The van der Waals surface area contributed by atoms with E-state index < -0.39 is 5.82 Å². The van der Waals surface area contributed by atoms with Crippen LogP contribution in [0.25, 0.3) is 10.9 Å². The van der Waals surface area contributed by atoms with Gasteiger partial charge in [0.15, 0.2) is 0 Å². The molecule has 0 saturated carbocycles. The number of nitrogens with zero attached hydrogens (tertiary/aromatic N) is 1. The molecule has 23 heavy (non-hydrogen) atoms. The molecule has 1 heterocycles. The Bertz CT molecular complexity index is 872. The zero-order chi connectivity index (χ0) is 16.2. The van der Waals surface area contributed by atoms with Gasteiger partial charge in [0, 0.05) is 5.39 Å². The van der Waals surface area contributed by atoms with Crippen molar-refractivity contribution in [3.05, 3.63) is 65.4 Å². The lowest BCUT2D eigenvalue weighted by Crippen LogP contribution is -2.14. The lowest BCUT2D eigenvalue weighted by atomic mass is 10.2. The third kappa shape index (κ3) is 4.00. The van der Waals surface area contributed by atoms with Gasteiger partial charge in [-0.25, -0.2) is 9.37 Å². The van der Waals surface area contributed by atoms with Gasteiger partial charge in [-0.1, -0.05) is 47.6 Å². The Labute approximate surface area is 141 Å². The number of fused-ring (bicyclic) bond motifs is 1. The highest BCUT2D eigenvalue weighted by Crippen LogP contribution is 2.24. The normalized spacial score (nSPS) is 10.7. The molecule has 0 unspecified atom stereocenters. The summed E-state index contributed by atoms with van der Waals surface area (Å²) in [5, 5.41) is 4.65. The van der Waals surface area contributed by atoms with E-state index in [-0.39, 0.29) is 16.7 Å². The molecule has 0 fully saturated rings. The summed E-state index contributed by atoms with van der Waals surface area (Å²) in [7, 11) is 0. The zero-order valence-corrected chi connectivity index (χ0v) is 13.5. The van der Waals surface area contributed by atoms with E-state index in [1.807, 2.05) is 36.4 Å². The number of halogens is 2. The van der Waals surface area contributed by atoms with Gasteiger partial charge in [-0.3, -0.25) is 4.79 Å². The predicted octanol–water partition coefficient (Wildman–Crippen LogP) is 4.76. The van der Waals surface area contributed by atoms with E-state index in [0.29, 0.717) is 5.69 Å². The average Bonchev–Trinajstić information content (AvgIpc) is 2.55. The Hall–Kier alpha value is -2.11. The van der Waals surface area contributed by atoms with Gasteiger partial charge < -0.3 is 5.32 Å². The third-order valence-corrected chi connectivity index (χ3v) is 4.37. The third-order valence-electron chi connectivity index (χ3n) is 3.13. The van der Waals surface area contributed by atoms with Crippen LogP contribution in [0.4, 0.5) is 10.1 Å². The van der Waals surface area contributed by atoms with E-state index in [0.717, 1.165) is 22.0 Å². The number of amides is 1. The molecule has 1 N–H and O–H groups in total. The number of anilines is 1. The molecule has 3 aromatic rings. The number of rotatable bonds is 4. The molecule has 0 spiro atoms. The molecular weight excluding hydrogens is 335 g/mol. The van der Waals surface area contributed by atoms with Gasteiger partial charge in [-0.05, 0) is 30.3 Å². The van der Waals surface area contributed by atoms with Gasteiger partial charge in [0.1, 0.15) is 5.82 Å². The largest absolute Gasteiger partial charge is 0.324 e. The van der Waals surface area contributed by atoms with Gasteiger partial charge in [-0.15, -0.1) is 0 Å². The van der Waals surface area contributed by atoms with Gasteiger partial charge in [-0.2, -0.15) is 0 Å². The molecule has 116 valence electrons. The number of carbonyl (C=O) groups is 1. The number of para-hydroxylation sites is 1. The van der Waals surface area contributed by atoms with Crippen molar-refractivity contribution in [1.29, 1.82) is 0 Å². The summed E-state index contributed by atoms with van der Waals surface area (Å²) in [5.41, 5.74) is 1.28. The Balaban J connectivity index is 1.63. The molecule has 3 nitrogen and oxygen atoms in total. The summed E-state index contributed by atoms with van der Waals surface area (Å²) in [6, 6.07) is 15.5. The van der Waals surface area contributed by atoms with Gasteiger partial charge in [0.2, 0.25) is 5.91 Å². The van der Waals surface area contributed by atoms with Crippen LogP contribution in [0, 0.1) is 5.82 Å². The van der Waals surface area contributed by atoms with Crippen LogP contribution in [0.15, 0.2) is 59.6 Å². The van der Waals surface area contributed by atoms with Crippen LogP contribution >= 0.6 is 23.4 Å². The van der Waals surface area contributed by atoms with Crippen molar-refractivity contribution in [3.63, 3.8) is 0 Å². The number of hydrogen-bond acceptors (Lipinski definition) is 3. The predicted molar refractivity (Wildman–Crippen MR) is 92.5 cm³/mol. The first kappa shape index (κ1) is 15.8. The van der Waals surface area contributed by atoms with Crippen molar-refractivity contribution in [3.8, 4) is 0 Å². The monoisotopic (exact) mass is 346 g/mol. The van der Waals surface area contributed by atoms with Crippen LogP contribution in [0.1, 0.15) is 0 Å². The molecule has 0 saturated heterocycles. The van der Waals surface area contributed by atoms with Crippen LogP contribution in [0.5, 0.6) is 0 Å². The van der Waals surface area contributed by atoms with Crippen molar-refractivity contribution in [2.45, 2.75) is 5.03 Å². The summed E-state index contributed by atoms with van der Waals surface area (Å²) in [4.78, 5) is 16.5. The first-order valence-corrected chi connectivity index (χ1v) is 8.22. The van der Waals surface area contributed by atoms with Crippen molar-refractivity contribution in [2.75, 3.05) is 11.1 Å². The minimum Gasteiger partial charge on any atom is -0.324 e. The molecule has 0 aliphatic rings. The molecule has 2 aromatic carbocycles. The maximum absolute atomic E-state index is 13.0. The van der Waals surface area contributed by atoms with Crippen molar-refractivity contribution in [1.82, 2.24) is 4.98 Å². The van der Waals surface area contributed by atoms with Crippen LogP contribution in [0.2, 0.25) is 5.02 Å². The fourth-order valence-corrected chi connectivity index (χ4v) is 2.94. The summed E-state index contributed by atoms with van der Waals surface area (Å²) >= 11 is 7.21. The Kier molecular flexibility index (Phi) is 4.79. The lowest BCUT2D eigenvalue weighted by Gasteiger charge is -2.07. The summed E-state index contributed by atoms with van der Waals surface area (Å²) in [6.07, 6.45) is 0. The van der Waals surface area contributed by atoms with E-state index in [2.05, 4.69) is 10.3 Å². The number of carbonyl (C=O) groups excluding carboxylic acids is 1. The van der Waals surface area contributed by atoms with Gasteiger partial charge in [0.05, 0.1) is 27.0 Å². The molecule has 0 aliphatic heterocycles. The smallest absolute Gasteiger partial charge is 0.234 e. The number of aromatic nitrogens is 1. The molecule has 1 amide bonds. The number of benzene rings is 2. The summed E-state index contributed by atoms with van der Waals surface area (Å²) in [6.45, 7) is 0. The number of hydrogen-bond donors (Lipinski definition) is 1. The standard InChI is InChI=1S/C17H12ClFN2OS/c18-13-9-12(19)6-7-15(13)20-16(22)10-23-17-8-5-11-3-1-2-4-14(11)21-17/h1-9H,10H2,(H,20,22). The molecule has 0 atom stereocenters. The zero-order valence-electron chi connectivity index (χ0n) is 11.9. The first-order chi connectivity index (χ1) is 11.1. The Morgan fingerprint density at radius 3 is 2.83 bits per heavy atom. The molecule has 3 rings (SSSR count). The molecule has 0 radical (unpaired) electrons. The molecular formula is C17H12ClFN2OS. The van der Waals surface area contributed by atoms with E-state index in [1.165, 1.54) is 23.9 Å². The van der Waals surface area contributed by atoms with Crippen LogP contribution in [-0.2, 0) is 4.79 Å².